The zero-order chi connectivity index (χ0) is 25.4. The van der Waals surface area contributed by atoms with Gasteiger partial charge in [0.1, 0.15) is 0 Å². The number of benzene rings is 4. The molecule has 4 aromatic rings. The van der Waals surface area contributed by atoms with Crippen LogP contribution in [0.25, 0.3) is 10.8 Å². The molecule has 4 aromatic carbocycles. The number of hydrogen-bond donors (Lipinski definition) is 1. The van der Waals surface area contributed by atoms with Gasteiger partial charge in [-0.2, -0.15) is 0 Å². The number of carbonyl (C=O) groups is 1. The van der Waals surface area contributed by atoms with Gasteiger partial charge in [0.05, 0.1) is 24.8 Å². The van der Waals surface area contributed by atoms with E-state index < -0.39 is 10.0 Å². The van der Waals surface area contributed by atoms with Gasteiger partial charge in [-0.25, -0.2) is 8.42 Å². The van der Waals surface area contributed by atoms with Crippen LogP contribution in [0.5, 0.6) is 11.5 Å². The Morgan fingerprint density at radius 1 is 0.861 bits per heavy atom. The number of rotatable bonds is 7. The molecule has 1 aliphatic carbocycles. The molecule has 8 heteroatoms. The first-order valence-corrected chi connectivity index (χ1v) is 12.9. The second kappa shape index (κ2) is 9.20. The molecular formula is C28H26N2O5S. The van der Waals surface area contributed by atoms with Gasteiger partial charge in [-0.3, -0.25) is 9.10 Å². The highest BCUT2D eigenvalue weighted by molar-refractivity contribution is 7.92. The minimum atomic E-state index is -3.86. The molecule has 0 heterocycles. The number of aryl methyl sites for hydroxylation is 2. The maximum Gasteiger partial charge on any atom is 0.264 e. The third kappa shape index (κ3) is 4.03. The molecule has 1 aliphatic rings. The van der Waals surface area contributed by atoms with E-state index in [-0.39, 0.29) is 10.8 Å². The van der Waals surface area contributed by atoms with Crippen LogP contribution in [-0.2, 0) is 22.9 Å². The fourth-order valence-corrected chi connectivity index (χ4v) is 5.86. The number of amides is 1. The Bertz CT molecular complexity index is 1570. The van der Waals surface area contributed by atoms with Crippen LogP contribution < -0.4 is 19.1 Å². The van der Waals surface area contributed by atoms with E-state index in [1.165, 1.54) is 54.2 Å². The Labute approximate surface area is 210 Å². The molecular weight excluding hydrogens is 476 g/mol. The van der Waals surface area contributed by atoms with Gasteiger partial charge < -0.3 is 14.8 Å². The lowest BCUT2D eigenvalue weighted by molar-refractivity contribution is 0.102. The number of methoxy groups -OCH3 is 2. The molecule has 1 amide bonds. The highest BCUT2D eigenvalue weighted by Crippen LogP contribution is 2.35. The maximum atomic E-state index is 13.2. The molecule has 36 heavy (non-hydrogen) atoms. The zero-order valence-electron chi connectivity index (χ0n) is 20.2. The van der Waals surface area contributed by atoms with E-state index in [2.05, 4.69) is 17.4 Å². The monoisotopic (exact) mass is 502 g/mol. The third-order valence-electron chi connectivity index (χ3n) is 6.63. The summed E-state index contributed by atoms with van der Waals surface area (Å²) >= 11 is 0. The molecule has 0 saturated heterocycles. The van der Waals surface area contributed by atoms with Crippen molar-refractivity contribution < 1.29 is 22.7 Å². The van der Waals surface area contributed by atoms with Crippen LogP contribution >= 0.6 is 0 Å². The average Bonchev–Trinajstić information content (AvgIpc) is 3.33. The van der Waals surface area contributed by atoms with E-state index >= 15 is 0 Å². The van der Waals surface area contributed by atoms with E-state index in [1.807, 2.05) is 18.2 Å². The normalized spacial score (nSPS) is 12.4. The number of carbonyl (C=O) groups excluding carboxylic acids is 1. The Hall–Kier alpha value is -4.04. The van der Waals surface area contributed by atoms with Gasteiger partial charge in [0.25, 0.3) is 15.9 Å². The number of hydrogen-bond acceptors (Lipinski definition) is 5. The van der Waals surface area contributed by atoms with Gasteiger partial charge in [-0.15, -0.1) is 0 Å². The molecule has 5 rings (SSSR count). The number of sulfonamides is 1. The first kappa shape index (κ1) is 23.7. The van der Waals surface area contributed by atoms with Gasteiger partial charge in [-0.05, 0) is 71.8 Å². The Balaban J connectivity index is 1.37. The Morgan fingerprint density at radius 2 is 1.56 bits per heavy atom. The third-order valence-corrected chi connectivity index (χ3v) is 8.41. The summed E-state index contributed by atoms with van der Waals surface area (Å²) < 4.78 is 38.0. The first-order chi connectivity index (χ1) is 17.3. The topological polar surface area (TPSA) is 84.9 Å². The van der Waals surface area contributed by atoms with Crippen molar-refractivity contribution in [2.45, 2.75) is 17.7 Å². The van der Waals surface area contributed by atoms with Gasteiger partial charge >= 0.3 is 0 Å². The van der Waals surface area contributed by atoms with Crippen molar-refractivity contribution in [2.24, 2.45) is 0 Å². The van der Waals surface area contributed by atoms with E-state index in [0.717, 1.165) is 23.9 Å². The lowest BCUT2D eigenvalue weighted by atomic mass is 10.0. The van der Waals surface area contributed by atoms with E-state index in [1.54, 1.807) is 30.3 Å². The van der Waals surface area contributed by atoms with Gasteiger partial charge in [0.2, 0.25) is 0 Å². The average molecular weight is 503 g/mol. The van der Waals surface area contributed by atoms with E-state index in [4.69, 9.17) is 9.47 Å². The Morgan fingerprint density at radius 3 is 2.25 bits per heavy atom. The highest BCUT2D eigenvalue weighted by Gasteiger charge is 2.23. The molecule has 0 spiro atoms. The molecule has 0 aromatic heterocycles. The van der Waals surface area contributed by atoms with Crippen molar-refractivity contribution in [3.05, 3.63) is 89.5 Å². The second-order valence-electron chi connectivity index (χ2n) is 8.60. The van der Waals surface area contributed by atoms with Crippen molar-refractivity contribution in [3.8, 4) is 11.5 Å². The van der Waals surface area contributed by atoms with Crippen molar-refractivity contribution in [1.82, 2.24) is 0 Å². The molecule has 184 valence electrons. The smallest absolute Gasteiger partial charge is 0.264 e. The molecule has 1 N–H and O–H groups in total. The van der Waals surface area contributed by atoms with Crippen LogP contribution in [0.4, 0.5) is 11.4 Å². The summed E-state index contributed by atoms with van der Waals surface area (Å²) in [7, 11) is 0.542. The highest BCUT2D eigenvalue weighted by atomic mass is 32.2. The van der Waals surface area contributed by atoms with Crippen molar-refractivity contribution >= 4 is 38.1 Å². The lowest BCUT2D eigenvalue weighted by Crippen LogP contribution is -2.26. The van der Waals surface area contributed by atoms with E-state index in [9.17, 15) is 13.2 Å². The predicted molar refractivity (Wildman–Crippen MR) is 141 cm³/mol. The fourth-order valence-electron chi connectivity index (χ4n) is 4.65. The zero-order valence-corrected chi connectivity index (χ0v) is 21.1. The van der Waals surface area contributed by atoms with Crippen molar-refractivity contribution in [1.29, 1.82) is 0 Å². The standard InChI is InChI=1S/C28H26N2O5S/c1-30(36(32,33)22-14-16-25(34-2)26(17-22)35-3)21-12-9-20(10-13-21)28(31)29-24-15-11-19-8-7-18-5-4-6-23(24)27(18)19/h4-6,9-17H,7-8H2,1-3H3,(H,29,31). The summed E-state index contributed by atoms with van der Waals surface area (Å²) in [4.78, 5) is 13.1. The maximum absolute atomic E-state index is 13.2. The predicted octanol–water partition coefficient (Wildman–Crippen LogP) is 5.03. The van der Waals surface area contributed by atoms with E-state index in [0.29, 0.717) is 22.7 Å². The molecule has 0 fully saturated rings. The van der Waals surface area contributed by atoms with Crippen LogP contribution in [-0.4, -0.2) is 35.6 Å². The van der Waals surface area contributed by atoms with Crippen LogP contribution in [0.2, 0.25) is 0 Å². The largest absolute Gasteiger partial charge is 0.493 e. The second-order valence-corrected chi connectivity index (χ2v) is 10.6. The summed E-state index contributed by atoms with van der Waals surface area (Å²) in [6.45, 7) is 0. The van der Waals surface area contributed by atoms with Crippen LogP contribution in [0.3, 0.4) is 0 Å². The minimum Gasteiger partial charge on any atom is -0.493 e. The molecule has 0 saturated carbocycles. The summed E-state index contributed by atoms with van der Waals surface area (Å²) in [6.07, 6.45) is 2.04. The van der Waals surface area contributed by atoms with Crippen molar-refractivity contribution in [2.75, 3.05) is 30.9 Å². The number of ether oxygens (including phenoxy) is 2. The summed E-state index contributed by atoms with van der Waals surface area (Å²) in [5, 5.41) is 5.28. The molecule has 0 atom stereocenters. The van der Waals surface area contributed by atoms with Crippen LogP contribution in [0.1, 0.15) is 21.5 Å². The number of nitrogens with zero attached hydrogens (tertiary/aromatic N) is 1. The van der Waals surface area contributed by atoms with Gasteiger partial charge in [-0.1, -0.05) is 24.3 Å². The number of nitrogens with one attached hydrogen (secondary N) is 1. The van der Waals surface area contributed by atoms with Gasteiger partial charge in [0.15, 0.2) is 11.5 Å². The fraction of sp³-hybridized carbons (Fsp3) is 0.179. The lowest BCUT2D eigenvalue weighted by Gasteiger charge is -2.20. The number of anilines is 2. The molecule has 7 nitrogen and oxygen atoms in total. The quantitative estimate of drug-likeness (QED) is 0.383. The van der Waals surface area contributed by atoms with Crippen LogP contribution in [0, 0.1) is 0 Å². The van der Waals surface area contributed by atoms with Gasteiger partial charge in [0, 0.05) is 29.8 Å². The summed E-state index contributed by atoms with van der Waals surface area (Å²) in [5.41, 5.74) is 4.23. The SMILES string of the molecule is COc1ccc(S(=O)(=O)N(C)c2ccc(C(=O)Nc3ccc4c5c(cccc35)CC4)cc2)cc1OC. The van der Waals surface area contributed by atoms with Crippen molar-refractivity contribution in [3.63, 3.8) is 0 Å². The Kier molecular flexibility index (Phi) is 6.05. The molecule has 0 aliphatic heterocycles. The summed E-state index contributed by atoms with van der Waals surface area (Å²) in [6, 6.07) is 21.1. The molecule has 0 unspecified atom stereocenters. The van der Waals surface area contributed by atoms with Crippen LogP contribution in [0.15, 0.2) is 77.7 Å². The minimum absolute atomic E-state index is 0.0662. The summed E-state index contributed by atoms with van der Waals surface area (Å²) in [5.74, 6) is 0.502. The molecule has 0 bridgehead atoms. The molecule has 0 radical (unpaired) electrons. The first-order valence-electron chi connectivity index (χ1n) is 11.5.